The second-order valence-corrected chi connectivity index (χ2v) is 8.45. The first-order chi connectivity index (χ1) is 16.7. The van der Waals surface area contributed by atoms with Crippen molar-refractivity contribution in [1.82, 2.24) is 20.5 Å². The minimum Gasteiger partial charge on any atom is -0.481 e. The number of carboxylic acid groups (broad SMARTS) is 1. The minimum atomic E-state index is -0.817. The topological polar surface area (TPSA) is 101 Å². The van der Waals surface area contributed by atoms with Crippen LogP contribution in [0, 0.1) is 0 Å². The number of hydrogen-bond donors (Lipinski definition) is 2. The van der Waals surface area contributed by atoms with Gasteiger partial charge in [0, 0.05) is 36.7 Å². The van der Waals surface area contributed by atoms with Crippen molar-refractivity contribution in [3.63, 3.8) is 0 Å². The quantitative estimate of drug-likeness (QED) is 0.275. The van der Waals surface area contributed by atoms with Crippen molar-refractivity contribution in [1.29, 1.82) is 0 Å². The highest BCUT2D eigenvalue weighted by Crippen LogP contribution is 2.31. The third-order valence-electron chi connectivity index (χ3n) is 5.98. The summed E-state index contributed by atoms with van der Waals surface area (Å²) in [4.78, 5) is 15.3. The molecule has 0 fully saturated rings. The maximum Gasteiger partial charge on any atom is 0.304 e. The second-order valence-electron chi connectivity index (χ2n) is 8.45. The lowest BCUT2D eigenvalue weighted by molar-refractivity contribution is -0.136. The Kier molecular flexibility index (Phi) is 7.99. The maximum atomic E-state index is 10.8. The molecule has 0 saturated carbocycles. The van der Waals surface area contributed by atoms with Crippen LogP contribution in [-0.4, -0.2) is 32.8 Å². The van der Waals surface area contributed by atoms with Crippen molar-refractivity contribution in [2.75, 3.05) is 6.54 Å². The van der Waals surface area contributed by atoms with E-state index in [4.69, 9.17) is 9.52 Å². The largest absolute Gasteiger partial charge is 0.481 e. The van der Waals surface area contributed by atoms with E-state index in [9.17, 15) is 4.79 Å². The molecule has 0 radical (unpaired) electrons. The summed E-state index contributed by atoms with van der Waals surface area (Å²) in [5, 5.41) is 21.7. The van der Waals surface area contributed by atoms with Crippen LogP contribution in [0.5, 0.6) is 0 Å². The van der Waals surface area contributed by atoms with Gasteiger partial charge in [-0.15, -0.1) is 10.2 Å². The normalized spacial score (nSPS) is 12.1. The number of rotatable bonds is 12. The fourth-order valence-corrected chi connectivity index (χ4v) is 4.20. The first kappa shape index (κ1) is 23.6. The van der Waals surface area contributed by atoms with E-state index in [1.165, 1.54) is 5.56 Å². The fraction of sp³-hybridized carbons (Fsp3) is 0.333. The zero-order chi connectivity index (χ0) is 23.8. The molecule has 2 aromatic heterocycles. The molecule has 2 heterocycles. The highest BCUT2D eigenvalue weighted by atomic mass is 16.4. The van der Waals surface area contributed by atoms with Crippen molar-refractivity contribution >= 4 is 16.9 Å². The standard InChI is InChI=1S/C27H30N4O3/c1-2-3-8-20(19-9-5-4-6-10-19)17-24-30-31-27(34-24)23-13-12-21(18-28-16-14-25(32)33)26-22(23)11-7-15-29-26/h4-7,9-13,15,20,28H,2-3,8,14,16-18H2,1H3,(H,32,33). The van der Waals surface area contributed by atoms with E-state index in [1.807, 2.05) is 30.3 Å². The summed E-state index contributed by atoms with van der Waals surface area (Å²) in [7, 11) is 0. The number of unbranched alkanes of at least 4 members (excludes halogenated alkanes) is 1. The fourth-order valence-electron chi connectivity index (χ4n) is 4.20. The highest BCUT2D eigenvalue weighted by Gasteiger charge is 2.18. The molecule has 7 heteroatoms. The van der Waals surface area contributed by atoms with Crippen molar-refractivity contribution in [3.8, 4) is 11.5 Å². The van der Waals surface area contributed by atoms with E-state index in [-0.39, 0.29) is 6.42 Å². The van der Waals surface area contributed by atoms with E-state index in [0.29, 0.717) is 37.2 Å². The number of hydrogen-bond acceptors (Lipinski definition) is 6. The predicted molar refractivity (Wildman–Crippen MR) is 131 cm³/mol. The Bertz CT molecular complexity index is 1220. The Morgan fingerprint density at radius 3 is 2.74 bits per heavy atom. The first-order valence-corrected chi connectivity index (χ1v) is 11.8. The molecule has 4 rings (SSSR count). The number of carboxylic acids is 1. The number of carbonyl (C=O) groups is 1. The van der Waals surface area contributed by atoms with Crippen molar-refractivity contribution in [2.24, 2.45) is 0 Å². The van der Waals surface area contributed by atoms with Gasteiger partial charge in [-0.1, -0.05) is 62.2 Å². The number of aromatic nitrogens is 3. The molecule has 2 N–H and O–H groups in total. The van der Waals surface area contributed by atoms with Crippen LogP contribution in [0.1, 0.15) is 55.5 Å². The highest BCUT2D eigenvalue weighted by molar-refractivity contribution is 5.94. The molecular weight excluding hydrogens is 428 g/mol. The van der Waals surface area contributed by atoms with E-state index < -0.39 is 5.97 Å². The molecule has 0 amide bonds. The summed E-state index contributed by atoms with van der Waals surface area (Å²) < 4.78 is 6.14. The van der Waals surface area contributed by atoms with Gasteiger partial charge in [-0.2, -0.15) is 0 Å². The molecule has 34 heavy (non-hydrogen) atoms. The maximum absolute atomic E-state index is 10.8. The van der Waals surface area contributed by atoms with Gasteiger partial charge in [0.25, 0.3) is 0 Å². The molecule has 0 aliphatic heterocycles. The first-order valence-electron chi connectivity index (χ1n) is 11.8. The number of pyridine rings is 1. The molecule has 0 aliphatic carbocycles. The average Bonchev–Trinajstić information content (AvgIpc) is 3.33. The van der Waals surface area contributed by atoms with Gasteiger partial charge in [-0.3, -0.25) is 9.78 Å². The van der Waals surface area contributed by atoms with Crippen molar-refractivity contribution < 1.29 is 14.3 Å². The zero-order valence-electron chi connectivity index (χ0n) is 19.4. The SMILES string of the molecule is CCCCC(Cc1nnc(-c2ccc(CNCCC(=O)O)c3ncccc23)o1)c1ccccc1. The summed E-state index contributed by atoms with van der Waals surface area (Å²) in [6.45, 7) is 3.14. The summed E-state index contributed by atoms with van der Waals surface area (Å²) in [5.41, 5.74) is 3.98. The Morgan fingerprint density at radius 1 is 1.09 bits per heavy atom. The lowest BCUT2D eigenvalue weighted by Crippen LogP contribution is -2.17. The molecule has 0 saturated heterocycles. The van der Waals surface area contributed by atoms with E-state index in [2.05, 4.69) is 51.7 Å². The number of nitrogens with one attached hydrogen (secondary N) is 1. The van der Waals surface area contributed by atoms with Crippen molar-refractivity contribution in [2.45, 2.75) is 51.5 Å². The van der Waals surface area contributed by atoms with E-state index >= 15 is 0 Å². The predicted octanol–water partition coefficient (Wildman–Crippen LogP) is 5.37. The van der Waals surface area contributed by atoms with Gasteiger partial charge in [0.1, 0.15) is 0 Å². The van der Waals surface area contributed by atoms with Crippen LogP contribution >= 0.6 is 0 Å². The Labute approximate surface area is 199 Å². The van der Waals surface area contributed by atoms with Crippen molar-refractivity contribution in [3.05, 3.63) is 77.8 Å². The van der Waals surface area contributed by atoms with Gasteiger partial charge < -0.3 is 14.8 Å². The van der Waals surface area contributed by atoms with Crippen LogP contribution in [0.25, 0.3) is 22.4 Å². The molecule has 0 bridgehead atoms. The molecule has 0 spiro atoms. The van der Waals surface area contributed by atoms with Gasteiger partial charge >= 0.3 is 5.97 Å². The van der Waals surface area contributed by atoms with Crippen LogP contribution in [-0.2, 0) is 17.8 Å². The number of aliphatic carboxylic acids is 1. The van der Waals surface area contributed by atoms with Gasteiger partial charge in [-0.25, -0.2) is 0 Å². The number of fused-ring (bicyclic) bond motifs is 1. The summed E-state index contributed by atoms with van der Waals surface area (Å²) in [6.07, 6.45) is 5.92. The Hall–Kier alpha value is -3.58. The van der Waals surface area contributed by atoms with Gasteiger partial charge in [0.2, 0.25) is 11.8 Å². The van der Waals surface area contributed by atoms with Crippen LogP contribution < -0.4 is 5.32 Å². The molecule has 7 nitrogen and oxygen atoms in total. The van der Waals surface area contributed by atoms with E-state index in [1.54, 1.807) is 6.20 Å². The summed E-state index contributed by atoms with van der Waals surface area (Å²) in [5.74, 6) is 0.645. The molecular formula is C27H30N4O3. The third-order valence-corrected chi connectivity index (χ3v) is 5.98. The Balaban J connectivity index is 1.55. The lowest BCUT2D eigenvalue weighted by Gasteiger charge is -2.15. The minimum absolute atomic E-state index is 0.0798. The summed E-state index contributed by atoms with van der Waals surface area (Å²) >= 11 is 0. The van der Waals surface area contributed by atoms with Gasteiger partial charge in [-0.05, 0) is 35.6 Å². The average molecular weight is 459 g/mol. The van der Waals surface area contributed by atoms with Gasteiger partial charge in [0.15, 0.2) is 0 Å². The lowest BCUT2D eigenvalue weighted by atomic mass is 9.91. The zero-order valence-corrected chi connectivity index (χ0v) is 19.4. The van der Waals surface area contributed by atoms with E-state index in [0.717, 1.165) is 41.3 Å². The molecule has 1 unspecified atom stereocenters. The molecule has 0 aliphatic rings. The van der Waals surface area contributed by atoms with Crippen LogP contribution in [0.3, 0.4) is 0 Å². The van der Waals surface area contributed by atoms with Gasteiger partial charge in [0.05, 0.1) is 11.9 Å². The van der Waals surface area contributed by atoms with Crippen LogP contribution in [0.15, 0.2) is 65.2 Å². The number of nitrogens with zero attached hydrogens (tertiary/aromatic N) is 3. The number of benzene rings is 2. The summed E-state index contributed by atoms with van der Waals surface area (Å²) in [6, 6.07) is 18.4. The molecule has 4 aromatic rings. The molecule has 176 valence electrons. The Morgan fingerprint density at radius 2 is 1.94 bits per heavy atom. The monoisotopic (exact) mass is 458 g/mol. The third kappa shape index (κ3) is 5.85. The molecule has 2 aromatic carbocycles. The van der Waals surface area contributed by atoms with Crippen LogP contribution in [0.2, 0.25) is 0 Å². The molecule has 1 atom stereocenters. The second kappa shape index (κ2) is 11.5. The van der Waals surface area contributed by atoms with Crippen LogP contribution in [0.4, 0.5) is 0 Å². The smallest absolute Gasteiger partial charge is 0.304 e.